The van der Waals surface area contributed by atoms with E-state index in [9.17, 15) is 0 Å². The zero-order chi connectivity index (χ0) is 15.8. The third kappa shape index (κ3) is 5.65. The largest absolute Gasteiger partial charge is 0.497 e. The minimum Gasteiger partial charge on any atom is -0.497 e. The SMILES string of the molecule is COc1cccc(C(CNCC(CN)C(C)C)N(C)C)c1. The first-order valence-corrected chi connectivity index (χ1v) is 7.70. The van der Waals surface area contributed by atoms with Crippen molar-refractivity contribution in [1.82, 2.24) is 10.2 Å². The van der Waals surface area contributed by atoms with E-state index in [1.54, 1.807) is 7.11 Å². The molecule has 0 aliphatic carbocycles. The molecule has 120 valence electrons. The molecule has 3 N–H and O–H groups in total. The average Bonchev–Trinajstić information content (AvgIpc) is 2.46. The molecule has 0 aliphatic heterocycles. The molecule has 0 saturated heterocycles. The fourth-order valence-corrected chi connectivity index (χ4v) is 2.44. The Kier molecular flexibility index (Phi) is 7.72. The van der Waals surface area contributed by atoms with E-state index in [-0.39, 0.29) is 0 Å². The van der Waals surface area contributed by atoms with Crippen LogP contribution in [0.4, 0.5) is 0 Å². The lowest BCUT2D eigenvalue weighted by molar-refractivity contribution is 0.275. The highest BCUT2D eigenvalue weighted by atomic mass is 16.5. The van der Waals surface area contributed by atoms with Gasteiger partial charge in [-0.05, 0) is 56.7 Å². The Bertz CT molecular complexity index is 407. The van der Waals surface area contributed by atoms with Gasteiger partial charge in [-0.1, -0.05) is 26.0 Å². The maximum atomic E-state index is 5.83. The molecule has 2 unspecified atom stereocenters. The molecule has 0 fully saturated rings. The van der Waals surface area contributed by atoms with Crippen LogP contribution in [0.1, 0.15) is 25.5 Å². The topological polar surface area (TPSA) is 50.5 Å². The van der Waals surface area contributed by atoms with Crippen molar-refractivity contribution in [3.05, 3.63) is 29.8 Å². The van der Waals surface area contributed by atoms with Crippen LogP contribution in [0.15, 0.2) is 24.3 Å². The number of benzene rings is 1. The molecule has 1 aromatic carbocycles. The molecule has 0 radical (unpaired) electrons. The Hall–Kier alpha value is -1.10. The highest BCUT2D eigenvalue weighted by Crippen LogP contribution is 2.22. The van der Waals surface area contributed by atoms with E-state index >= 15 is 0 Å². The molecule has 0 saturated carbocycles. The molecule has 4 heteroatoms. The van der Waals surface area contributed by atoms with Crippen molar-refractivity contribution in [1.29, 1.82) is 0 Å². The lowest BCUT2D eigenvalue weighted by atomic mass is 9.96. The number of hydrogen-bond acceptors (Lipinski definition) is 4. The minimum absolute atomic E-state index is 0.325. The number of likely N-dealkylation sites (N-methyl/N-ethyl adjacent to an activating group) is 1. The molecule has 0 amide bonds. The Morgan fingerprint density at radius 1 is 1.24 bits per heavy atom. The van der Waals surface area contributed by atoms with E-state index in [4.69, 9.17) is 10.5 Å². The van der Waals surface area contributed by atoms with E-state index < -0.39 is 0 Å². The maximum absolute atomic E-state index is 5.83. The molecule has 0 aliphatic rings. The predicted molar refractivity (Wildman–Crippen MR) is 89.7 cm³/mol. The summed E-state index contributed by atoms with van der Waals surface area (Å²) >= 11 is 0. The average molecular weight is 293 g/mol. The van der Waals surface area contributed by atoms with Crippen LogP contribution in [-0.2, 0) is 0 Å². The molecule has 0 heterocycles. The van der Waals surface area contributed by atoms with Crippen LogP contribution in [0, 0.1) is 11.8 Å². The van der Waals surface area contributed by atoms with Crippen LogP contribution in [0.5, 0.6) is 5.75 Å². The number of nitrogens with one attached hydrogen (secondary N) is 1. The lowest BCUT2D eigenvalue weighted by Gasteiger charge is -2.27. The van der Waals surface area contributed by atoms with Crippen molar-refractivity contribution in [2.45, 2.75) is 19.9 Å². The van der Waals surface area contributed by atoms with Gasteiger partial charge in [-0.25, -0.2) is 0 Å². The summed E-state index contributed by atoms with van der Waals surface area (Å²) in [6.45, 7) is 7.05. The zero-order valence-electron chi connectivity index (χ0n) is 14.1. The number of rotatable bonds is 9. The van der Waals surface area contributed by atoms with E-state index in [1.165, 1.54) is 5.56 Å². The van der Waals surface area contributed by atoms with Gasteiger partial charge in [0.2, 0.25) is 0 Å². The normalized spacial score (nSPS) is 14.5. The molecule has 21 heavy (non-hydrogen) atoms. The van der Waals surface area contributed by atoms with Crippen molar-refractivity contribution in [3.63, 3.8) is 0 Å². The Balaban J connectivity index is 2.65. The van der Waals surface area contributed by atoms with E-state index in [1.807, 2.05) is 12.1 Å². The van der Waals surface area contributed by atoms with E-state index in [0.717, 1.165) is 25.4 Å². The van der Waals surface area contributed by atoms with E-state index in [0.29, 0.717) is 17.9 Å². The van der Waals surface area contributed by atoms with Crippen LogP contribution in [-0.4, -0.2) is 45.7 Å². The first-order chi connectivity index (χ1) is 9.99. The monoisotopic (exact) mass is 293 g/mol. The number of methoxy groups -OCH3 is 1. The van der Waals surface area contributed by atoms with Gasteiger partial charge in [0.15, 0.2) is 0 Å². The van der Waals surface area contributed by atoms with Gasteiger partial charge >= 0.3 is 0 Å². The van der Waals surface area contributed by atoms with Gasteiger partial charge in [-0.2, -0.15) is 0 Å². The summed E-state index contributed by atoms with van der Waals surface area (Å²) in [6.07, 6.45) is 0. The fourth-order valence-electron chi connectivity index (χ4n) is 2.44. The molecule has 0 spiro atoms. The van der Waals surface area contributed by atoms with Gasteiger partial charge < -0.3 is 20.7 Å². The first-order valence-electron chi connectivity index (χ1n) is 7.70. The van der Waals surface area contributed by atoms with E-state index in [2.05, 4.69) is 50.3 Å². The molecular formula is C17H31N3O. The van der Waals surface area contributed by atoms with Crippen LogP contribution in [0.25, 0.3) is 0 Å². The molecule has 0 aromatic heterocycles. The Labute approximate surface area is 129 Å². The third-order valence-corrected chi connectivity index (χ3v) is 4.09. The Morgan fingerprint density at radius 2 is 1.95 bits per heavy atom. The highest BCUT2D eigenvalue weighted by Gasteiger charge is 2.16. The van der Waals surface area contributed by atoms with Crippen LogP contribution < -0.4 is 15.8 Å². The molecule has 2 atom stereocenters. The summed E-state index contributed by atoms with van der Waals surface area (Å²) in [5.41, 5.74) is 7.10. The lowest BCUT2D eigenvalue weighted by Crippen LogP contribution is -2.37. The van der Waals surface area contributed by atoms with Crippen molar-refractivity contribution in [2.75, 3.05) is 40.8 Å². The second-order valence-electron chi connectivity index (χ2n) is 6.15. The maximum Gasteiger partial charge on any atom is 0.119 e. The Morgan fingerprint density at radius 3 is 2.48 bits per heavy atom. The number of nitrogens with zero attached hydrogens (tertiary/aromatic N) is 1. The van der Waals surface area contributed by atoms with Gasteiger partial charge in [0.05, 0.1) is 7.11 Å². The van der Waals surface area contributed by atoms with Crippen molar-refractivity contribution < 1.29 is 4.74 Å². The standard InChI is InChI=1S/C17H31N3O/c1-13(2)15(10-18)11-19-12-17(20(3)4)14-7-6-8-16(9-14)21-5/h6-9,13,15,17,19H,10-12,18H2,1-5H3. The third-order valence-electron chi connectivity index (χ3n) is 4.09. The van der Waals surface area contributed by atoms with Gasteiger partial charge in [0.1, 0.15) is 5.75 Å². The zero-order valence-corrected chi connectivity index (χ0v) is 14.1. The predicted octanol–water partition coefficient (Wildman–Crippen LogP) is 2.12. The molecule has 4 nitrogen and oxygen atoms in total. The summed E-state index contributed by atoms with van der Waals surface area (Å²) < 4.78 is 5.32. The fraction of sp³-hybridized carbons (Fsp3) is 0.647. The minimum atomic E-state index is 0.325. The molecule has 1 aromatic rings. The van der Waals surface area contributed by atoms with Gasteiger partial charge in [0, 0.05) is 12.6 Å². The summed E-state index contributed by atoms with van der Waals surface area (Å²) in [7, 11) is 5.92. The molecular weight excluding hydrogens is 262 g/mol. The van der Waals surface area contributed by atoms with Gasteiger partial charge in [-0.3, -0.25) is 0 Å². The van der Waals surface area contributed by atoms with Crippen LogP contribution >= 0.6 is 0 Å². The number of nitrogens with two attached hydrogens (primary N) is 1. The van der Waals surface area contributed by atoms with Crippen LogP contribution in [0.2, 0.25) is 0 Å². The highest BCUT2D eigenvalue weighted by molar-refractivity contribution is 5.30. The summed E-state index contributed by atoms with van der Waals surface area (Å²) in [5, 5.41) is 3.57. The quantitative estimate of drug-likeness (QED) is 0.732. The summed E-state index contributed by atoms with van der Waals surface area (Å²) in [5.74, 6) is 2.04. The summed E-state index contributed by atoms with van der Waals surface area (Å²) in [4.78, 5) is 2.23. The van der Waals surface area contributed by atoms with Crippen LogP contribution in [0.3, 0.4) is 0 Å². The number of hydrogen-bond donors (Lipinski definition) is 2. The first kappa shape index (κ1) is 18.0. The molecule has 1 rings (SSSR count). The van der Waals surface area contributed by atoms with Gasteiger partial charge in [0.25, 0.3) is 0 Å². The number of ether oxygens (including phenoxy) is 1. The second kappa shape index (κ2) is 9.03. The van der Waals surface area contributed by atoms with Crippen molar-refractivity contribution in [2.24, 2.45) is 17.6 Å². The second-order valence-corrected chi connectivity index (χ2v) is 6.15. The van der Waals surface area contributed by atoms with Crippen molar-refractivity contribution >= 4 is 0 Å². The summed E-state index contributed by atoms with van der Waals surface area (Å²) in [6, 6.07) is 8.60. The smallest absolute Gasteiger partial charge is 0.119 e. The van der Waals surface area contributed by atoms with Gasteiger partial charge in [-0.15, -0.1) is 0 Å². The molecule has 0 bridgehead atoms. The van der Waals surface area contributed by atoms with Crippen molar-refractivity contribution in [3.8, 4) is 5.75 Å².